The molecule has 0 bridgehead atoms. The number of aromatic nitrogens is 5. The maximum Gasteiger partial charge on any atom is 0.316 e. The number of aliphatic hydroxyl groups excluding tert-OH is 1. The summed E-state index contributed by atoms with van der Waals surface area (Å²) >= 11 is 0. The third-order valence-corrected chi connectivity index (χ3v) is 4.80. The van der Waals surface area contributed by atoms with Gasteiger partial charge < -0.3 is 9.84 Å². The van der Waals surface area contributed by atoms with Crippen LogP contribution in [-0.2, 0) is 19.1 Å². The first kappa shape index (κ1) is 22.9. The molecule has 10 heteroatoms. The number of benzene rings is 2. The molecule has 0 aliphatic carbocycles. The lowest BCUT2D eigenvalue weighted by atomic mass is 10.1. The van der Waals surface area contributed by atoms with Gasteiger partial charge in [-0.3, -0.25) is 4.98 Å². The maximum atomic E-state index is 14.5. The zero-order valence-electron chi connectivity index (χ0n) is 17.6. The van der Waals surface area contributed by atoms with Gasteiger partial charge in [-0.25, -0.2) is 9.07 Å². The van der Waals surface area contributed by atoms with E-state index < -0.39 is 24.3 Å². The van der Waals surface area contributed by atoms with Crippen LogP contribution in [0.25, 0.3) is 0 Å². The monoisotopic (exact) mass is 465 g/mol. The molecule has 0 fully saturated rings. The van der Waals surface area contributed by atoms with Crippen molar-refractivity contribution >= 4 is 0 Å². The molecular weight excluding hydrogens is 447 g/mol. The molecule has 4 rings (SSSR count). The van der Waals surface area contributed by atoms with Crippen molar-refractivity contribution in [3.8, 4) is 17.6 Å². The van der Waals surface area contributed by atoms with E-state index >= 15 is 0 Å². The lowest BCUT2D eigenvalue weighted by Crippen LogP contribution is -2.35. The SMILES string of the molecule is OC(Cn1cnnn1)C(F)(F)c1ccc(C#Cc2ccc(OCc3ccc(F)cc3)cc2)cn1. The standard InChI is InChI=1S/C24H18F3N5O2/c25-20-8-3-19(4-9-20)15-34-21-10-5-17(6-11-21)1-2-18-7-12-22(28-13-18)24(26,27)23(33)14-32-16-29-30-31-32/h3-13,16,23,33H,14-15H2. The van der Waals surface area contributed by atoms with Gasteiger partial charge in [0.1, 0.15) is 36.3 Å². The van der Waals surface area contributed by atoms with E-state index in [1.807, 2.05) is 0 Å². The van der Waals surface area contributed by atoms with Crippen molar-refractivity contribution in [1.29, 1.82) is 0 Å². The van der Waals surface area contributed by atoms with Gasteiger partial charge >= 0.3 is 5.92 Å². The van der Waals surface area contributed by atoms with Crippen molar-refractivity contribution in [3.05, 3.63) is 101 Å². The Bertz CT molecular complexity index is 1270. The summed E-state index contributed by atoms with van der Waals surface area (Å²) in [6.07, 6.45) is 0.305. The molecule has 34 heavy (non-hydrogen) atoms. The third kappa shape index (κ3) is 5.76. The largest absolute Gasteiger partial charge is 0.489 e. The second-order valence-electron chi connectivity index (χ2n) is 7.29. The van der Waals surface area contributed by atoms with E-state index in [0.29, 0.717) is 23.5 Å². The summed E-state index contributed by atoms with van der Waals surface area (Å²) in [5, 5.41) is 20.1. The van der Waals surface area contributed by atoms with Gasteiger partial charge in [0.25, 0.3) is 0 Å². The molecule has 0 spiro atoms. The van der Waals surface area contributed by atoms with Gasteiger partial charge in [0, 0.05) is 17.3 Å². The van der Waals surface area contributed by atoms with Gasteiger partial charge in [0.15, 0.2) is 0 Å². The van der Waals surface area contributed by atoms with E-state index in [1.54, 1.807) is 36.4 Å². The second kappa shape index (κ2) is 10.1. The van der Waals surface area contributed by atoms with Crippen LogP contribution >= 0.6 is 0 Å². The van der Waals surface area contributed by atoms with E-state index in [0.717, 1.165) is 22.6 Å². The smallest absolute Gasteiger partial charge is 0.316 e. The number of pyridine rings is 1. The van der Waals surface area contributed by atoms with Crippen molar-refractivity contribution in [2.24, 2.45) is 0 Å². The molecule has 7 nitrogen and oxygen atoms in total. The van der Waals surface area contributed by atoms with Crippen molar-refractivity contribution in [3.63, 3.8) is 0 Å². The zero-order chi connectivity index (χ0) is 24.0. The number of alkyl halides is 2. The fraction of sp³-hybridized carbons (Fsp3) is 0.167. The lowest BCUT2D eigenvalue weighted by molar-refractivity contribution is -0.124. The highest BCUT2D eigenvalue weighted by atomic mass is 19.3. The number of tetrazole rings is 1. The molecule has 0 aliphatic rings. The average Bonchev–Trinajstić information content (AvgIpc) is 3.36. The Morgan fingerprint density at radius 2 is 1.68 bits per heavy atom. The van der Waals surface area contributed by atoms with Crippen LogP contribution in [0.4, 0.5) is 13.2 Å². The van der Waals surface area contributed by atoms with Crippen molar-refractivity contribution in [2.75, 3.05) is 0 Å². The quantitative estimate of drug-likeness (QED) is 0.422. The Morgan fingerprint density at radius 1 is 0.971 bits per heavy atom. The maximum absolute atomic E-state index is 14.5. The van der Waals surface area contributed by atoms with Crippen LogP contribution in [0.15, 0.2) is 73.2 Å². The fourth-order valence-electron chi connectivity index (χ4n) is 2.92. The van der Waals surface area contributed by atoms with E-state index in [4.69, 9.17) is 4.74 Å². The van der Waals surface area contributed by atoms with Gasteiger partial charge in [0.05, 0.1) is 6.54 Å². The van der Waals surface area contributed by atoms with Gasteiger partial charge in [-0.15, -0.1) is 5.10 Å². The predicted molar refractivity (Wildman–Crippen MR) is 115 cm³/mol. The molecule has 1 unspecified atom stereocenters. The number of rotatable bonds is 7. The van der Waals surface area contributed by atoms with E-state index in [9.17, 15) is 18.3 Å². The molecule has 0 radical (unpaired) electrons. The van der Waals surface area contributed by atoms with Gasteiger partial charge in [-0.05, 0) is 64.5 Å². The normalized spacial score (nSPS) is 12.0. The van der Waals surface area contributed by atoms with Crippen LogP contribution in [-0.4, -0.2) is 36.4 Å². The van der Waals surface area contributed by atoms with Crippen LogP contribution in [0.3, 0.4) is 0 Å². The number of hydrogen-bond donors (Lipinski definition) is 1. The highest BCUT2D eigenvalue weighted by molar-refractivity contribution is 5.44. The highest BCUT2D eigenvalue weighted by Crippen LogP contribution is 2.31. The number of ether oxygens (including phenoxy) is 1. The zero-order valence-corrected chi connectivity index (χ0v) is 17.6. The van der Waals surface area contributed by atoms with E-state index in [2.05, 4.69) is 32.4 Å². The Labute approximate surface area is 192 Å². The molecule has 172 valence electrons. The number of hydrogen-bond acceptors (Lipinski definition) is 6. The first-order chi connectivity index (χ1) is 16.4. The molecule has 0 saturated heterocycles. The molecule has 0 saturated carbocycles. The summed E-state index contributed by atoms with van der Waals surface area (Å²) in [5.41, 5.74) is 1.39. The highest BCUT2D eigenvalue weighted by Gasteiger charge is 2.42. The van der Waals surface area contributed by atoms with Crippen LogP contribution < -0.4 is 4.74 Å². The first-order valence-electron chi connectivity index (χ1n) is 10.1. The van der Waals surface area contributed by atoms with Crippen LogP contribution in [0.1, 0.15) is 22.4 Å². The van der Waals surface area contributed by atoms with Gasteiger partial charge in [-0.1, -0.05) is 24.0 Å². The van der Waals surface area contributed by atoms with Gasteiger partial charge in [-0.2, -0.15) is 8.78 Å². The van der Waals surface area contributed by atoms with Crippen molar-refractivity contribution < 1.29 is 23.0 Å². The van der Waals surface area contributed by atoms with Crippen LogP contribution in [0, 0.1) is 17.7 Å². The molecule has 4 aromatic rings. The summed E-state index contributed by atoms with van der Waals surface area (Å²) in [4.78, 5) is 3.77. The third-order valence-electron chi connectivity index (χ3n) is 4.80. The molecule has 1 N–H and O–H groups in total. The summed E-state index contributed by atoms with van der Waals surface area (Å²) in [7, 11) is 0. The molecule has 0 amide bonds. The van der Waals surface area contributed by atoms with Gasteiger partial charge in [0.2, 0.25) is 0 Å². The second-order valence-corrected chi connectivity index (χ2v) is 7.29. The van der Waals surface area contributed by atoms with Crippen molar-refractivity contribution in [2.45, 2.75) is 25.2 Å². The van der Waals surface area contributed by atoms with E-state index in [-0.39, 0.29) is 5.82 Å². The Hall–Kier alpha value is -4.23. The molecule has 2 aromatic carbocycles. The minimum absolute atomic E-state index is 0.302. The Kier molecular flexibility index (Phi) is 6.85. The topological polar surface area (TPSA) is 86.0 Å². The van der Waals surface area contributed by atoms with E-state index in [1.165, 1.54) is 24.4 Å². The number of halogens is 3. The first-order valence-corrected chi connectivity index (χ1v) is 10.1. The molecule has 0 aliphatic heterocycles. The average molecular weight is 465 g/mol. The summed E-state index contributed by atoms with van der Waals surface area (Å²) in [6, 6.07) is 15.6. The molecular formula is C24H18F3N5O2. The lowest BCUT2D eigenvalue weighted by Gasteiger charge is -2.21. The summed E-state index contributed by atoms with van der Waals surface area (Å²) < 4.78 is 48.6. The Morgan fingerprint density at radius 3 is 2.32 bits per heavy atom. The molecule has 2 heterocycles. The summed E-state index contributed by atoms with van der Waals surface area (Å²) in [5.74, 6) is 2.52. The number of nitrogens with zero attached hydrogens (tertiary/aromatic N) is 5. The molecule has 1 atom stereocenters. The predicted octanol–water partition coefficient (Wildman–Crippen LogP) is 3.34. The van der Waals surface area contributed by atoms with Crippen LogP contribution in [0.5, 0.6) is 5.75 Å². The molecule has 2 aromatic heterocycles. The van der Waals surface area contributed by atoms with Crippen LogP contribution in [0.2, 0.25) is 0 Å². The minimum Gasteiger partial charge on any atom is -0.489 e. The van der Waals surface area contributed by atoms with Crippen molar-refractivity contribution in [1.82, 2.24) is 25.2 Å². The fourth-order valence-corrected chi connectivity index (χ4v) is 2.92. The summed E-state index contributed by atoms with van der Waals surface area (Å²) in [6.45, 7) is -0.175. The minimum atomic E-state index is -3.60. The Balaban J connectivity index is 1.35. The number of aliphatic hydroxyl groups is 1.